The summed E-state index contributed by atoms with van der Waals surface area (Å²) in [4.78, 5) is 34.9. The number of carbonyl (C=O) groups is 2. The summed E-state index contributed by atoms with van der Waals surface area (Å²) in [6, 6.07) is 7.11. The highest BCUT2D eigenvalue weighted by molar-refractivity contribution is 6.07. The van der Waals surface area contributed by atoms with Crippen LogP contribution >= 0.6 is 0 Å². The minimum Gasteiger partial charge on any atom is -0.393 e. The average molecular weight is 421 g/mol. The third kappa shape index (κ3) is 4.96. The van der Waals surface area contributed by atoms with E-state index in [-0.39, 0.29) is 5.91 Å². The van der Waals surface area contributed by atoms with Gasteiger partial charge in [0, 0.05) is 48.9 Å². The molecule has 1 saturated heterocycles. The number of likely N-dealkylation sites (tertiary alicyclic amines) is 1. The first kappa shape index (κ1) is 22.1. The molecule has 162 valence electrons. The fourth-order valence-corrected chi connectivity index (χ4v) is 3.49. The minimum atomic E-state index is -0.506. The number of aromatic nitrogens is 2. The van der Waals surface area contributed by atoms with Gasteiger partial charge in [-0.05, 0) is 49.1 Å². The Morgan fingerprint density at radius 3 is 2.71 bits per heavy atom. The molecule has 2 aromatic rings. The van der Waals surface area contributed by atoms with Crippen molar-refractivity contribution < 1.29 is 9.59 Å². The number of carbonyl (C=O) groups excluding carboxylic acids is 2. The first-order chi connectivity index (χ1) is 14.7. The number of allylic oxidation sites excluding steroid dienone is 1. The van der Waals surface area contributed by atoms with Crippen LogP contribution in [0.5, 0.6) is 0 Å². The van der Waals surface area contributed by atoms with E-state index in [4.69, 9.17) is 5.41 Å². The zero-order valence-electron chi connectivity index (χ0n) is 18.3. The number of nitrogens with one attached hydrogen (secondary N) is 3. The molecular formula is C23H28N6O2. The standard InChI is InChI=1S/C23H28N6O2/c1-15-17(11-16-7-9-26-19(12-16)18(13-24)14-25-4)5-6-20(27-15)28-22(31)29-10-8-23(2,3)21(29)30/h5-7,9,12-14,24-25H,8,10-11H2,1-4H3,(H,27,28,31)/b18-14+,24-13?. The van der Waals surface area contributed by atoms with Crippen molar-refractivity contribution in [3.8, 4) is 0 Å². The van der Waals surface area contributed by atoms with Gasteiger partial charge in [-0.25, -0.2) is 9.78 Å². The van der Waals surface area contributed by atoms with Crippen LogP contribution in [0.3, 0.4) is 0 Å². The van der Waals surface area contributed by atoms with Gasteiger partial charge < -0.3 is 10.7 Å². The highest BCUT2D eigenvalue weighted by Gasteiger charge is 2.41. The molecule has 31 heavy (non-hydrogen) atoms. The molecule has 0 unspecified atom stereocenters. The van der Waals surface area contributed by atoms with Crippen molar-refractivity contribution >= 4 is 29.5 Å². The molecule has 0 saturated carbocycles. The number of pyridine rings is 2. The van der Waals surface area contributed by atoms with Crippen LogP contribution in [-0.2, 0) is 11.2 Å². The third-order valence-corrected chi connectivity index (χ3v) is 5.43. The molecule has 0 atom stereocenters. The lowest BCUT2D eigenvalue weighted by atomic mass is 9.92. The Morgan fingerprint density at radius 1 is 1.32 bits per heavy atom. The van der Waals surface area contributed by atoms with Crippen LogP contribution in [0.1, 0.15) is 42.8 Å². The molecule has 3 rings (SSSR count). The second-order valence-electron chi connectivity index (χ2n) is 8.22. The van der Waals surface area contributed by atoms with E-state index in [1.165, 1.54) is 11.1 Å². The minimum absolute atomic E-state index is 0.163. The molecule has 2 aromatic heterocycles. The lowest BCUT2D eigenvalue weighted by molar-refractivity contribution is -0.131. The predicted octanol–water partition coefficient (Wildman–Crippen LogP) is 3.38. The van der Waals surface area contributed by atoms with Gasteiger partial charge in [-0.15, -0.1) is 0 Å². The summed E-state index contributed by atoms with van der Waals surface area (Å²) in [5, 5.41) is 13.2. The Morgan fingerprint density at radius 2 is 2.10 bits per heavy atom. The molecule has 0 radical (unpaired) electrons. The van der Waals surface area contributed by atoms with E-state index < -0.39 is 11.4 Å². The summed E-state index contributed by atoms with van der Waals surface area (Å²) in [5.74, 6) is 0.255. The topological polar surface area (TPSA) is 111 Å². The lowest BCUT2D eigenvalue weighted by Crippen LogP contribution is -2.39. The summed E-state index contributed by atoms with van der Waals surface area (Å²) >= 11 is 0. The Hall–Kier alpha value is -3.55. The SMILES string of the molecule is CN/C=C(\C=N)c1cc(Cc2ccc(NC(=O)N3CCC(C)(C)C3=O)nc2C)ccn1. The number of aryl methyl sites for hydroxylation is 1. The zero-order valence-corrected chi connectivity index (χ0v) is 18.3. The molecule has 0 aromatic carbocycles. The molecule has 0 bridgehead atoms. The molecule has 0 spiro atoms. The number of rotatable bonds is 6. The number of urea groups is 1. The summed E-state index contributed by atoms with van der Waals surface area (Å²) in [6.07, 6.45) is 6.02. The molecule has 1 aliphatic heterocycles. The second kappa shape index (κ2) is 9.07. The van der Waals surface area contributed by atoms with Crippen molar-refractivity contribution in [3.05, 3.63) is 59.2 Å². The van der Waals surface area contributed by atoms with Crippen LogP contribution in [0.4, 0.5) is 10.6 Å². The summed E-state index contributed by atoms with van der Waals surface area (Å²) in [7, 11) is 1.78. The van der Waals surface area contributed by atoms with E-state index in [1.807, 2.05) is 39.0 Å². The van der Waals surface area contributed by atoms with Crippen LogP contribution in [-0.4, -0.2) is 46.6 Å². The van der Waals surface area contributed by atoms with E-state index >= 15 is 0 Å². The number of hydrogen-bond donors (Lipinski definition) is 3. The van der Waals surface area contributed by atoms with Gasteiger partial charge in [-0.3, -0.25) is 20.0 Å². The maximum absolute atomic E-state index is 12.5. The lowest BCUT2D eigenvalue weighted by Gasteiger charge is -2.18. The zero-order chi connectivity index (χ0) is 22.6. The number of imide groups is 1. The molecule has 0 aliphatic carbocycles. The summed E-state index contributed by atoms with van der Waals surface area (Å²) < 4.78 is 0. The van der Waals surface area contributed by atoms with Gasteiger partial charge in [-0.2, -0.15) is 0 Å². The van der Waals surface area contributed by atoms with E-state index in [2.05, 4.69) is 20.6 Å². The third-order valence-electron chi connectivity index (χ3n) is 5.43. The normalized spacial score (nSPS) is 15.7. The maximum atomic E-state index is 12.5. The Bertz CT molecular complexity index is 1040. The van der Waals surface area contributed by atoms with Crippen molar-refractivity contribution in [2.24, 2.45) is 5.41 Å². The fourth-order valence-electron chi connectivity index (χ4n) is 3.49. The van der Waals surface area contributed by atoms with Gasteiger partial charge in [0.05, 0.1) is 5.69 Å². The molecule has 1 fully saturated rings. The molecule has 8 nitrogen and oxygen atoms in total. The Kier molecular flexibility index (Phi) is 6.48. The largest absolute Gasteiger partial charge is 0.393 e. The van der Waals surface area contributed by atoms with Crippen LogP contribution in [0.25, 0.3) is 5.57 Å². The van der Waals surface area contributed by atoms with Gasteiger partial charge in [-0.1, -0.05) is 19.9 Å². The van der Waals surface area contributed by atoms with Gasteiger partial charge in [0.2, 0.25) is 5.91 Å². The van der Waals surface area contributed by atoms with E-state index in [0.717, 1.165) is 22.5 Å². The van der Waals surface area contributed by atoms with Crippen molar-refractivity contribution in [1.82, 2.24) is 20.2 Å². The van der Waals surface area contributed by atoms with Crippen molar-refractivity contribution in [2.45, 2.75) is 33.6 Å². The molecule has 3 amide bonds. The smallest absolute Gasteiger partial charge is 0.329 e. The number of amides is 3. The molecular weight excluding hydrogens is 392 g/mol. The maximum Gasteiger partial charge on any atom is 0.329 e. The predicted molar refractivity (Wildman–Crippen MR) is 121 cm³/mol. The quantitative estimate of drug-likeness (QED) is 0.621. The van der Waals surface area contributed by atoms with Gasteiger partial charge >= 0.3 is 6.03 Å². The van der Waals surface area contributed by atoms with Gasteiger partial charge in [0.1, 0.15) is 5.82 Å². The first-order valence-corrected chi connectivity index (χ1v) is 10.2. The van der Waals surface area contributed by atoms with Crippen LogP contribution in [0.15, 0.2) is 36.7 Å². The Labute approximate surface area is 182 Å². The van der Waals surface area contributed by atoms with Crippen LogP contribution in [0.2, 0.25) is 0 Å². The van der Waals surface area contributed by atoms with Crippen LogP contribution < -0.4 is 10.6 Å². The Balaban J connectivity index is 1.72. The number of hydrogen-bond acceptors (Lipinski definition) is 6. The van der Waals surface area contributed by atoms with E-state index in [9.17, 15) is 9.59 Å². The summed E-state index contributed by atoms with van der Waals surface area (Å²) in [6.45, 7) is 6.01. The second-order valence-corrected chi connectivity index (χ2v) is 8.22. The van der Waals surface area contributed by atoms with E-state index in [1.54, 1.807) is 25.5 Å². The summed E-state index contributed by atoms with van der Waals surface area (Å²) in [5.41, 5.74) is 3.75. The monoisotopic (exact) mass is 420 g/mol. The molecule has 3 heterocycles. The van der Waals surface area contributed by atoms with Crippen molar-refractivity contribution in [2.75, 3.05) is 18.9 Å². The van der Waals surface area contributed by atoms with Crippen molar-refractivity contribution in [1.29, 1.82) is 5.41 Å². The van der Waals surface area contributed by atoms with Gasteiger partial charge in [0.25, 0.3) is 0 Å². The van der Waals surface area contributed by atoms with Gasteiger partial charge in [0.15, 0.2) is 0 Å². The number of nitrogens with zero attached hydrogens (tertiary/aromatic N) is 3. The fraction of sp³-hybridized carbons (Fsp3) is 0.348. The van der Waals surface area contributed by atoms with Crippen molar-refractivity contribution in [3.63, 3.8) is 0 Å². The molecule has 8 heteroatoms. The average Bonchev–Trinajstić information content (AvgIpc) is 3.01. The molecule has 1 aliphatic rings. The number of anilines is 1. The molecule has 3 N–H and O–H groups in total. The van der Waals surface area contributed by atoms with E-state index in [0.29, 0.717) is 30.8 Å². The highest BCUT2D eigenvalue weighted by atomic mass is 16.2. The first-order valence-electron chi connectivity index (χ1n) is 10.2. The highest BCUT2D eigenvalue weighted by Crippen LogP contribution is 2.30. The van der Waals surface area contributed by atoms with Crippen LogP contribution in [0, 0.1) is 17.7 Å².